The van der Waals surface area contributed by atoms with E-state index < -0.39 is 0 Å². The van der Waals surface area contributed by atoms with Crippen molar-refractivity contribution in [3.8, 4) is 0 Å². The maximum absolute atomic E-state index is 7.45. The van der Waals surface area contributed by atoms with Gasteiger partial charge in [0.1, 0.15) is 5.84 Å². The fourth-order valence-corrected chi connectivity index (χ4v) is 2.95. The molecule has 1 saturated carbocycles. The van der Waals surface area contributed by atoms with Crippen LogP contribution < -0.4 is 5.73 Å². The van der Waals surface area contributed by atoms with Gasteiger partial charge in [0, 0.05) is 4.70 Å². The van der Waals surface area contributed by atoms with Crippen molar-refractivity contribution in [2.45, 2.75) is 12.8 Å². The van der Waals surface area contributed by atoms with E-state index >= 15 is 0 Å². The molecule has 3 N–H and O–H groups in total. The highest BCUT2D eigenvalue weighted by atomic mass is 32.1. The van der Waals surface area contributed by atoms with Crippen LogP contribution in [0.5, 0.6) is 0 Å². The fraction of sp³-hybridized carbons (Fsp3) is 0.214. The van der Waals surface area contributed by atoms with E-state index in [1.165, 1.54) is 34.1 Å². The van der Waals surface area contributed by atoms with Gasteiger partial charge in [0.2, 0.25) is 0 Å². The number of hydrogen-bond acceptors (Lipinski definition) is 2. The number of benzene rings is 1. The van der Waals surface area contributed by atoms with Crippen molar-refractivity contribution >= 4 is 32.8 Å². The Kier molecular flexibility index (Phi) is 2.30. The van der Waals surface area contributed by atoms with E-state index in [2.05, 4.69) is 24.8 Å². The van der Waals surface area contributed by atoms with Crippen LogP contribution in [0.4, 0.5) is 0 Å². The van der Waals surface area contributed by atoms with Gasteiger partial charge < -0.3 is 5.73 Å². The largest absolute Gasteiger partial charge is 0.383 e. The fourth-order valence-electron chi connectivity index (χ4n) is 2.04. The van der Waals surface area contributed by atoms with Crippen LogP contribution in [-0.4, -0.2) is 5.84 Å². The number of nitrogens with two attached hydrogens (primary N) is 1. The first-order valence-corrected chi connectivity index (χ1v) is 6.54. The zero-order valence-corrected chi connectivity index (χ0v) is 10.3. The highest BCUT2D eigenvalue weighted by Crippen LogP contribution is 2.41. The summed E-state index contributed by atoms with van der Waals surface area (Å²) < 4.78 is 1.18. The van der Waals surface area contributed by atoms with Crippen LogP contribution in [0.15, 0.2) is 30.8 Å². The number of hydrogen-bond donors (Lipinski definition) is 2. The Balaban J connectivity index is 2.05. The van der Waals surface area contributed by atoms with Gasteiger partial charge in [-0.2, -0.15) is 0 Å². The molecule has 2 nitrogen and oxygen atoms in total. The molecule has 3 heteroatoms. The summed E-state index contributed by atoms with van der Waals surface area (Å²) in [6.45, 7) is 4.17. The van der Waals surface area contributed by atoms with Gasteiger partial charge in [-0.3, -0.25) is 5.41 Å². The molecule has 1 fully saturated rings. The lowest BCUT2D eigenvalue weighted by Gasteiger charge is -2.03. The molecule has 86 valence electrons. The molecule has 1 heterocycles. The maximum Gasteiger partial charge on any atom is 0.133 e. The summed E-state index contributed by atoms with van der Waals surface area (Å²) in [6, 6.07) is 8.39. The summed E-state index contributed by atoms with van der Waals surface area (Å²) in [5.41, 5.74) is 7.99. The molecule has 0 unspecified atom stereocenters. The number of fused-ring (bicyclic) bond motifs is 1. The number of nitrogens with one attached hydrogen (secondary N) is 1. The molecule has 3 rings (SSSR count). The number of rotatable bonds is 3. The van der Waals surface area contributed by atoms with E-state index in [-0.39, 0.29) is 5.84 Å². The molecular weight excluding hydrogens is 228 g/mol. The number of thiophene rings is 1. The summed E-state index contributed by atoms with van der Waals surface area (Å²) >= 11 is 1.57. The molecular formula is C14H14N2S. The number of allylic oxidation sites excluding steroid dienone is 1. The lowest BCUT2D eigenvalue weighted by molar-refractivity contribution is 1.15. The minimum absolute atomic E-state index is 0.147. The summed E-state index contributed by atoms with van der Waals surface area (Å²) in [6.07, 6.45) is 2.55. The molecule has 0 aliphatic heterocycles. The van der Waals surface area contributed by atoms with Gasteiger partial charge in [-0.25, -0.2) is 0 Å². The lowest BCUT2D eigenvalue weighted by atomic mass is 10.0. The van der Waals surface area contributed by atoms with Crippen molar-refractivity contribution in [1.82, 2.24) is 0 Å². The van der Waals surface area contributed by atoms with Gasteiger partial charge in [-0.15, -0.1) is 11.3 Å². The van der Waals surface area contributed by atoms with Crippen molar-refractivity contribution in [2.75, 3.05) is 0 Å². The zero-order chi connectivity index (χ0) is 12.0. The van der Waals surface area contributed by atoms with Gasteiger partial charge in [0.05, 0.1) is 4.88 Å². The Morgan fingerprint density at radius 3 is 2.76 bits per heavy atom. The number of amidine groups is 1. The van der Waals surface area contributed by atoms with Crippen LogP contribution in [0, 0.1) is 11.3 Å². The van der Waals surface area contributed by atoms with Crippen LogP contribution in [0.3, 0.4) is 0 Å². The van der Waals surface area contributed by atoms with E-state index in [0.29, 0.717) is 5.92 Å². The van der Waals surface area contributed by atoms with Crippen molar-refractivity contribution in [3.05, 3.63) is 41.3 Å². The summed E-state index contributed by atoms with van der Waals surface area (Å²) in [7, 11) is 0. The first-order chi connectivity index (χ1) is 8.15. The molecule has 1 aliphatic carbocycles. The monoisotopic (exact) mass is 242 g/mol. The average Bonchev–Trinajstić information content (AvgIpc) is 3.06. The summed E-state index contributed by atoms with van der Waals surface area (Å²) in [4.78, 5) is 0.842. The molecule has 1 aromatic heterocycles. The van der Waals surface area contributed by atoms with Crippen molar-refractivity contribution in [3.63, 3.8) is 0 Å². The van der Waals surface area contributed by atoms with Crippen LogP contribution in [0.1, 0.15) is 23.3 Å². The molecule has 2 aromatic rings. The smallest absolute Gasteiger partial charge is 0.133 e. The topological polar surface area (TPSA) is 49.9 Å². The summed E-state index contributed by atoms with van der Waals surface area (Å²) in [5, 5.41) is 8.62. The first-order valence-electron chi connectivity index (χ1n) is 5.72. The Labute approximate surface area is 104 Å². The average molecular weight is 242 g/mol. The van der Waals surface area contributed by atoms with E-state index in [4.69, 9.17) is 11.1 Å². The normalized spacial score (nSPS) is 15.1. The van der Waals surface area contributed by atoms with Gasteiger partial charge in [0.15, 0.2) is 0 Å². The first kappa shape index (κ1) is 10.5. The third-order valence-corrected chi connectivity index (χ3v) is 4.37. The third-order valence-electron chi connectivity index (χ3n) is 3.22. The predicted octanol–water partition coefficient (Wildman–Crippen LogP) is 3.61. The number of nitrogen functional groups attached to an aromatic ring is 1. The Morgan fingerprint density at radius 2 is 2.12 bits per heavy atom. The molecule has 0 radical (unpaired) electrons. The Morgan fingerprint density at radius 1 is 1.35 bits per heavy atom. The molecule has 0 spiro atoms. The summed E-state index contributed by atoms with van der Waals surface area (Å²) in [5.74, 6) is 0.840. The Bertz CT molecular complexity index is 620. The van der Waals surface area contributed by atoms with Gasteiger partial charge in [-0.1, -0.05) is 12.6 Å². The van der Waals surface area contributed by atoms with Crippen molar-refractivity contribution in [2.24, 2.45) is 11.7 Å². The third kappa shape index (κ3) is 1.87. The SMILES string of the molecule is C=C(c1ccc2sc(C(=N)N)cc2c1)C1CC1. The minimum Gasteiger partial charge on any atom is -0.383 e. The second-order valence-electron chi connectivity index (χ2n) is 4.58. The second kappa shape index (κ2) is 3.70. The van der Waals surface area contributed by atoms with Crippen LogP contribution in [-0.2, 0) is 0 Å². The van der Waals surface area contributed by atoms with Gasteiger partial charge >= 0.3 is 0 Å². The van der Waals surface area contributed by atoms with Crippen LogP contribution in [0.2, 0.25) is 0 Å². The Hall–Kier alpha value is -1.61. The minimum atomic E-state index is 0.147. The molecule has 0 saturated heterocycles. The van der Waals surface area contributed by atoms with Crippen LogP contribution >= 0.6 is 11.3 Å². The highest BCUT2D eigenvalue weighted by molar-refractivity contribution is 7.20. The molecule has 1 aromatic carbocycles. The van der Waals surface area contributed by atoms with Crippen LogP contribution in [0.25, 0.3) is 15.7 Å². The van der Waals surface area contributed by atoms with Gasteiger partial charge in [-0.05, 0) is 53.5 Å². The molecule has 0 atom stereocenters. The second-order valence-corrected chi connectivity index (χ2v) is 5.66. The van der Waals surface area contributed by atoms with Crippen molar-refractivity contribution in [1.29, 1.82) is 5.41 Å². The quantitative estimate of drug-likeness (QED) is 0.627. The van der Waals surface area contributed by atoms with Crippen molar-refractivity contribution < 1.29 is 0 Å². The molecule has 1 aliphatic rings. The molecule has 0 amide bonds. The van der Waals surface area contributed by atoms with E-state index in [0.717, 1.165) is 4.88 Å². The maximum atomic E-state index is 7.45. The molecule has 17 heavy (non-hydrogen) atoms. The molecule has 0 bridgehead atoms. The van der Waals surface area contributed by atoms with E-state index in [1.807, 2.05) is 6.07 Å². The van der Waals surface area contributed by atoms with Gasteiger partial charge in [0.25, 0.3) is 0 Å². The standard InChI is InChI=1S/C14H14N2S/c1-8(9-2-3-9)10-4-5-12-11(6-10)7-13(17-12)14(15)16/h4-7,9H,1-3H2,(H3,15,16). The predicted molar refractivity (Wildman–Crippen MR) is 74.6 cm³/mol. The lowest BCUT2D eigenvalue weighted by Crippen LogP contribution is -2.08. The highest BCUT2D eigenvalue weighted by Gasteiger charge is 2.25. The van der Waals surface area contributed by atoms with E-state index in [1.54, 1.807) is 11.3 Å². The zero-order valence-electron chi connectivity index (χ0n) is 9.49. The van der Waals surface area contributed by atoms with E-state index in [9.17, 15) is 0 Å².